The number of hydrogen-bond donors (Lipinski definition) is 1. The van der Waals surface area contributed by atoms with Gasteiger partial charge in [0.15, 0.2) is 10.4 Å². The maximum Gasteiger partial charge on any atom is 0.325 e. The summed E-state index contributed by atoms with van der Waals surface area (Å²) in [6.07, 6.45) is 0.541. The van der Waals surface area contributed by atoms with Crippen LogP contribution in [0.25, 0.3) is 0 Å². The smallest absolute Gasteiger partial charge is 0.325 e. The lowest BCUT2D eigenvalue weighted by atomic mass is 9.80. The topological polar surface area (TPSA) is 96.8 Å². The van der Waals surface area contributed by atoms with E-state index in [0.717, 1.165) is 11.3 Å². The second-order valence-electron chi connectivity index (χ2n) is 4.91. The normalized spacial score (nSPS) is 21.5. The van der Waals surface area contributed by atoms with Crippen LogP contribution in [0.4, 0.5) is 0 Å². The van der Waals surface area contributed by atoms with Crippen LogP contribution < -0.4 is 0 Å². The Hall–Kier alpha value is -1.67. The second-order valence-corrected chi connectivity index (χ2v) is 6.16. The van der Waals surface area contributed by atoms with Crippen LogP contribution in [0.2, 0.25) is 5.15 Å². The van der Waals surface area contributed by atoms with Crippen LogP contribution in [-0.4, -0.2) is 52.5 Å². The van der Waals surface area contributed by atoms with Gasteiger partial charge in [-0.15, -0.1) is 11.3 Å². The van der Waals surface area contributed by atoms with E-state index in [-0.39, 0.29) is 29.7 Å². The first-order valence-corrected chi connectivity index (χ1v) is 7.97. The lowest BCUT2D eigenvalue weighted by molar-refractivity contribution is -0.172. The Kier molecular flexibility index (Phi) is 5.02. The van der Waals surface area contributed by atoms with Crippen molar-refractivity contribution in [3.05, 3.63) is 15.5 Å². The minimum absolute atomic E-state index is 0.0872. The molecule has 2 rings (SSSR count). The zero-order chi connectivity index (χ0) is 16.3. The van der Waals surface area contributed by atoms with Crippen molar-refractivity contribution in [2.75, 3.05) is 19.7 Å². The number of carbonyl (C=O) groups is 3. The fraction of sp³-hybridized carbons (Fsp3) is 0.538. The van der Waals surface area contributed by atoms with Gasteiger partial charge < -0.3 is 14.7 Å². The number of carboxylic acids is 1. The van der Waals surface area contributed by atoms with Gasteiger partial charge >= 0.3 is 11.9 Å². The van der Waals surface area contributed by atoms with Crippen LogP contribution in [-0.2, 0) is 14.3 Å². The predicted octanol–water partition coefficient (Wildman–Crippen LogP) is 1.67. The maximum absolute atomic E-state index is 12.4. The summed E-state index contributed by atoms with van der Waals surface area (Å²) in [6.45, 7) is 1.84. The highest BCUT2D eigenvalue weighted by atomic mass is 35.5. The molecule has 0 bridgehead atoms. The SMILES string of the molecule is CCOC(=O)C1(C(=O)O)CCCN(C(=O)c2nc(Cl)cs2)C1. The van der Waals surface area contributed by atoms with Gasteiger partial charge in [0, 0.05) is 18.5 Å². The van der Waals surface area contributed by atoms with E-state index < -0.39 is 23.3 Å². The minimum atomic E-state index is -1.72. The predicted molar refractivity (Wildman–Crippen MR) is 79.0 cm³/mol. The number of ether oxygens (including phenoxy) is 1. The van der Waals surface area contributed by atoms with Crippen LogP contribution in [0.15, 0.2) is 5.38 Å². The molecule has 9 heteroatoms. The molecule has 1 aromatic rings. The number of aromatic nitrogens is 1. The minimum Gasteiger partial charge on any atom is -0.480 e. The Morgan fingerprint density at radius 2 is 2.27 bits per heavy atom. The van der Waals surface area contributed by atoms with Gasteiger partial charge in [0.05, 0.1) is 6.61 Å². The van der Waals surface area contributed by atoms with E-state index in [9.17, 15) is 19.5 Å². The van der Waals surface area contributed by atoms with Crippen molar-refractivity contribution < 1.29 is 24.2 Å². The Morgan fingerprint density at radius 1 is 1.55 bits per heavy atom. The summed E-state index contributed by atoms with van der Waals surface area (Å²) >= 11 is 6.78. The van der Waals surface area contributed by atoms with E-state index in [1.165, 1.54) is 10.3 Å². The Bertz CT molecular complexity index is 605. The number of nitrogens with zero attached hydrogens (tertiary/aromatic N) is 2. The van der Waals surface area contributed by atoms with E-state index in [2.05, 4.69) is 4.98 Å². The molecular formula is C13H15ClN2O5S. The number of hydrogen-bond acceptors (Lipinski definition) is 6. The molecule has 0 aromatic carbocycles. The average Bonchev–Trinajstić information content (AvgIpc) is 2.93. The van der Waals surface area contributed by atoms with Gasteiger partial charge in [-0.25, -0.2) is 4.98 Å². The number of thiazole rings is 1. The van der Waals surface area contributed by atoms with E-state index in [4.69, 9.17) is 16.3 Å². The Labute approximate surface area is 135 Å². The summed E-state index contributed by atoms with van der Waals surface area (Å²) in [6, 6.07) is 0. The fourth-order valence-electron chi connectivity index (χ4n) is 2.41. The standard InChI is InChI=1S/C13H15ClN2O5S/c1-2-21-12(20)13(11(18)19)4-3-5-16(7-13)10(17)9-15-8(14)6-22-9/h6H,2-5,7H2,1H3,(H,18,19). The molecule has 1 aliphatic rings. The van der Waals surface area contributed by atoms with E-state index in [1.54, 1.807) is 6.92 Å². The first-order chi connectivity index (χ1) is 10.4. The van der Waals surface area contributed by atoms with Gasteiger partial charge in [-0.05, 0) is 19.8 Å². The van der Waals surface area contributed by atoms with Gasteiger partial charge in [-0.1, -0.05) is 11.6 Å². The van der Waals surface area contributed by atoms with Crippen LogP contribution in [0.5, 0.6) is 0 Å². The highest BCUT2D eigenvalue weighted by Gasteiger charge is 2.51. The van der Waals surface area contributed by atoms with Crippen molar-refractivity contribution in [1.29, 1.82) is 0 Å². The molecule has 1 fully saturated rings. The second kappa shape index (κ2) is 6.62. The van der Waals surface area contributed by atoms with Gasteiger partial charge in [-0.2, -0.15) is 0 Å². The summed E-state index contributed by atoms with van der Waals surface area (Å²) in [7, 11) is 0. The third-order valence-electron chi connectivity index (χ3n) is 3.51. The largest absolute Gasteiger partial charge is 0.480 e. The van der Waals surface area contributed by atoms with Crippen molar-refractivity contribution in [3.8, 4) is 0 Å². The number of likely N-dealkylation sites (tertiary alicyclic amines) is 1. The summed E-state index contributed by atoms with van der Waals surface area (Å²) in [4.78, 5) is 41.3. The molecule has 0 aliphatic carbocycles. The summed E-state index contributed by atoms with van der Waals surface area (Å²) < 4.78 is 4.89. The molecule has 1 aromatic heterocycles. The molecule has 1 amide bonds. The van der Waals surface area contributed by atoms with Crippen LogP contribution in [0, 0.1) is 5.41 Å². The van der Waals surface area contributed by atoms with Crippen molar-refractivity contribution >= 4 is 40.8 Å². The molecule has 1 N–H and O–H groups in total. The Balaban J connectivity index is 2.23. The van der Waals surface area contributed by atoms with Gasteiger partial charge in [0.25, 0.3) is 5.91 Å². The number of esters is 1. The van der Waals surface area contributed by atoms with Gasteiger partial charge in [-0.3, -0.25) is 14.4 Å². The first kappa shape index (κ1) is 16.7. The third kappa shape index (κ3) is 3.07. The molecule has 1 saturated heterocycles. The van der Waals surface area contributed by atoms with Crippen LogP contribution >= 0.6 is 22.9 Å². The highest BCUT2D eigenvalue weighted by molar-refractivity contribution is 7.12. The van der Waals surface area contributed by atoms with Crippen molar-refractivity contribution in [1.82, 2.24) is 9.88 Å². The van der Waals surface area contributed by atoms with E-state index in [1.807, 2.05) is 0 Å². The third-order valence-corrected chi connectivity index (χ3v) is 4.67. The van der Waals surface area contributed by atoms with Crippen molar-refractivity contribution in [3.63, 3.8) is 0 Å². The number of piperidine rings is 1. The quantitative estimate of drug-likeness (QED) is 0.658. The number of carboxylic acid groups (broad SMARTS) is 1. The van der Waals surface area contributed by atoms with Gasteiger partial charge in [0.1, 0.15) is 5.15 Å². The van der Waals surface area contributed by atoms with E-state index in [0.29, 0.717) is 13.0 Å². The first-order valence-electron chi connectivity index (χ1n) is 6.71. The number of halogens is 1. The molecule has 2 heterocycles. The Morgan fingerprint density at radius 3 is 2.82 bits per heavy atom. The number of aliphatic carboxylic acids is 1. The molecule has 1 atom stereocenters. The van der Waals surface area contributed by atoms with Crippen molar-refractivity contribution in [2.24, 2.45) is 5.41 Å². The fourth-order valence-corrected chi connectivity index (χ4v) is 3.33. The molecule has 1 unspecified atom stereocenters. The zero-order valence-electron chi connectivity index (χ0n) is 11.9. The van der Waals surface area contributed by atoms with Crippen LogP contribution in [0.1, 0.15) is 29.6 Å². The van der Waals surface area contributed by atoms with Crippen LogP contribution in [0.3, 0.4) is 0 Å². The highest BCUT2D eigenvalue weighted by Crippen LogP contribution is 2.33. The monoisotopic (exact) mass is 346 g/mol. The molecule has 1 aliphatic heterocycles. The lowest BCUT2D eigenvalue weighted by Crippen LogP contribution is -2.54. The molecule has 0 saturated carbocycles. The number of amides is 1. The molecule has 22 heavy (non-hydrogen) atoms. The molecule has 0 radical (unpaired) electrons. The summed E-state index contributed by atoms with van der Waals surface area (Å²) in [5.41, 5.74) is -1.72. The zero-order valence-corrected chi connectivity index (χ0v) is 13.4. The number of carbonyl (C=O) groups excluding carboxylic acids is 2. The summed E-state index contributed by atoms with van der Waals surface area (Å²) in [5.74, 6) is -2.51. The molecule has 120 valence electrons. The average molecular weight is 347 g/mol. The molecule has 0 spiro atoms. The summed E-state index contributed by atoms with van der Waals surface area (Å²) in [5, 5.41) is 11.4. The van der Waals surface area contributed by atoms with E-state index >= 15 is 0 Å². The van der Waals surface area contributed by atoms with Gasteiger partial charge in [0.2, 0.25) is 0 Å². The molecule has 7 nitrogen and oxygen atoms in total. The molecular weight excluding hydrogens is 332 g/mol. The maximum atomic E-state index is 12.4. The number of rotatable bonds is 4. The van der Waals surface area contributed by atoms with Crippen molar-refractivity contribution in [2.45, 2.75) is 19.8 Å². The lowest BCUT2D eigenvalue weighted by Gasteiger charge is -2.37.